The van der Waals surface area contributed by atoms with E-state index >= 15 is 0 Å². The first-order valence-electron chi connectivity index (χ1n) is 10.6. The molecule has 0 spiro atoms. The number of carboxylic acids is 1. The normalized spacial score (nSPS) is 10.9. The molecule has 162 valence electrons. The molecule has 2 heterocycles. The van der Waals surface area contributed by atoms with Crippen LogP contribution in [0.25, 0.3) is 16.7 Å². The van der Waals surface area contributed by atoms with Crippen LogP contribution >= 0.6 is 0 Å². The molecule has 0 atom stereocenters. The van der Waals surface area contributed by atoms with E-state index in [1.54, 1.807) is 6.20 Å². The van der Waals surface area contributed by atoms with E-state index < -0.39 is 5.97 Å². The second kappa shape index (κ2) is 9.47. The number of hydrogen-bond acceptors (Lipinski definition) is 3. The summed E-state index contributed by atoms with van der Waals surface area (Å²) < 4.78 is 2.05. The summed E-state index contributed by atoms with van der Waals surface area (Å²) in [5.74, 6) is -0.174. The van der Waals surface area contributed by atoms with Gasteiger partial charge in [0.2, 0.25) is 5.91 Å². The number of anilines is 1. The minimum atomic E-state index is -0.796. The molecular formula is C26H25N3O3. The Kier molecular flexibility index (Phi) is 6.31. The predicted molar refractivity (Wildman–Crippen MR) is 125 cm³/mol. The number of pyridine rings is 1. The SMILES string of the molecule is CC(=O)Nc1ccc(-n2cc(CCc3ccccc3)c3cc(CCC(=O)O)ccc32)nc1. The second-order valence-electron chi connectivity index (χ2n) is 7.84. The first-order chi connectivity index (χ1) is 15.5. The van der Waals surface area contributed by atoms with Crippen molar-refractivity contribution in [3.8, 4) is 5.82 Å². The van der Waals surface area contributed by atoms with Gasteiger partial charge in [-0.05, 0) is 60.2 Å². The number of nitrogens with one attached hydrogen (secondary N) is 1. The Hall–Kier alpha value is -3.93. The molecule has 2 aromatic carbocycles. The summed E-state index contributed by atoms with van der Waals surface area (Å²) >= 11 is 0. The Morgan fingerprint density at radius 1 is 0.969 bits per heavy atom. The standard InChI is InChI=1S/C26H25N3O3/c1-18(30)28-22-11-13-25(27-16-22)29-17-21(10-7-19-5-3-2-4-6-19)23-15-20(8-12-24(23)29)9-14-26(31)32/h2-6,8,11-13,15-17H,7,9-10,14H2,1H3,(H,28,30)(H,31,32). The number of benzene rings is 2. The maximum absolute atomic E-state index is 11.3. The Bertz CT molecular complexity index is 1240. The van der Waals surface area contributed by atoms with E-state index in [1.165, 1.54) is 18.1 Å². The lowest BCUT2D eigenvalue weighted by molar-refractivity contribution is -0.137. The molecule has 0 saturated carbocycles. The van der Waals surface area contributed by atoms with Gasteiger partial charge in [0.1, 0.15) is 5.82 Å². The van der Waals surface area contributed by atoms with Crippen molar-refractivity contribution in [3.05, 3.63) is 89.7 Å². The van der Waals surface area contributed by atoms with Gasteiger partial charge in [-0.15, -0.1) is 0 Å². The molecule has 4 rings (SSSR count). The Balaban J connectivity index is 1.70. The van der Waals surface area contributed by atoms with Crippen molar-refractivity contribution in [2.45, 2.75) is 32.6 Å². The maximum atomic E-state index is 11.3. The first kappa shape index (κ1) is 21.3. The minimum Gasteiger partial charge on any atom is -0.481 e. The van der Waals surface area contributed by atoms with Crippen LogP contribution in [0.4, 0.5) is 5.69 Å². The van der Waals surface area contributed by atoms with Gasteiger partial charge in [0.05, 0.1) is 17.4 Å². The molecular weight excluding hydrogens is 402 g/mol. The molecule has 1 amide bonds. The molecule has 0 radical (unpaired) electrons. The van der Waals surface area contributed by atoms with Gasteiger partial charge in [-0.25, -0.2) is 4.98 Å². The van der Waals surface area contributed by atoms with Crippen molar-refractivity contribution in [2.24, 2.45) is 0 Å². The van der Waals surface area contributed by atoms with Crippen LogP contribution in [-0.2, 0) is 28.9 Å². The van der Waals surface area contributed by atoms with E-state index in [2.05, 4.69) is 34.7 Å². The average molecular weight is 428 g/mol. The van der Waals surface area contributed by atoms with Crippen LogP contribution < -0.4 is 5.32 Å². The van der Waals surface area contributed by atoms with Crippen molar-refractivity contribution in [1.29, 1.82) is 0 Å². The first-order valence-corrected chi connectivity index (χ1v) is 10.6. The molecule has 32 heavy (non-hydrogen) atoms. The van der Waals surface area contributed by atoms with Gasteiger partial charge >= 0.3 is 5.97 Å². The van der Waals surface area contributed by atoms with Gasteiger partial charge < -0.3 is 15.0 Å². The third-order valence-corrected chi connectivity index (χ3v) is 5.42. The molecule has 0 bridgehead atoms. The largest absolute Gasteiger partial charge is 0.481 e. The third kappa shape index (κ3) is 5.03. The van der Waals surface area contributed by atoms with Crippen LogP contribution in [0.5, 0.6) is 0 Å². The highest BCUT2D eigenvalue weighted by Gasteiger charge is 2.13. The predicted octanol–water partition coefficient (Wildman–Crippen LogP) is 4.79. The number of carbonyl (C=O) groups excluding carboxylic acids is 1. The van der Waals surface area contributed by atoms with Gasteiger partial charge in [-0.1, -0.05) is 36.4 Å². The zero-order chi connectivity index (χ0) is 22.5. The minimum absolute atomic E-state index is 0.109. The third-order valence-electron chi connectivity index (χ3n) is 5.42. The summed E-state index contributed by atoms with van der Waals surface area (Å²) in [5.41, 5.74) is 5.14. The Labute approximate surface area is 186 Å². The van der Waals surface area contributed by atoms with Crippen LogP contribution in [0.1, 0.15) is 30.0 Å². The fourth-order valence-electron chi connectivity index (χ4n) is 3.87. The molecule has 6 nitrogen and oxygen atoms in total. The summed E-state index contributed by atoms with van der Waals surface area (Å²) in [6.07, 6.45) is 6.13. The van der Waals surface area contributed by atoms with E-state index in [0.717, 1.165) is 35.1 Å². The van der Waals surface area contributed by atoms with Gasteiger partial charge in [0, 0.05) is 24.9 Å². The molecule has 0 unspecified atom stereocenters. The molecule has 6 heteroatoms. The van der Waals surface area contributed by atoms with Crippen molar-refractivity contribution < 1.29 is 14.7 Å². The molecule has 0 aliphatic rings. The molecule has 0 aliphatic heterocycles. The van der Waals surface area contributed by atoms with Gasteiger partial charge in [-0.3, -0.25) is 9.59 Å². The lowest BCUT2D eigenvalue weighted by Gasteiger charge is -2.07. The van der Waals surface area contributed by atoms with Gasteiger partial charge in [-0.2, -0.15) is 0 Å². The second-order valence-corrected chi connectivity index (χ2v) is 7.84. The fraction of sp³-hybridized carbons (Fsp3) is 0.192. The van der Waals surface area contributed by atoms with E-state index in [-0.39, 0.29) is 12.3 Å². The highest BCUT2D eigenvalue weighted by Crippen LogP contribution is 2.27. The van der Waals surface area contributed by atoms with Crippen LogP contribution in [-0.4, -0.2) is 26.5 Å². The molecule has 4 aromatic rings. The lowest BCUT2D eigenvalue weighted by atomic mass is 10.0. The number of aromatic nitrogens is 2. The van der Waals surface area contributed by atoms with Crippen molar-refractivity contribution in [2.75, 3.05) is 5.32 Å². The van der Waals surface area contributed by atoms with Crippen LogP contribution in [0.2, 0.25) is 0 Å². The van der Waals surface area contributed by atoms with Crippen LogP contribution in [0.3, 0.4) is 0 Å². The van der Waals surface area contributed by atoms with Crippen molar-refractivity contribution >= 4 is 28.5 Å². The quantitative estimate of drug-likeness (QED) is 0.424. The number of rotatable bonds is 8. The number of nitrogens with zero attached hydrogens (tertiary/aromatic N) is 2. The summed E-state index contributed by atoms with van der Waals surface area (Å²) in [6, 6.07) is 20.2. The number of hydrogen-bond donors (Lipinski definition) is 2. The topological polar surface area (TPSA) is 84.2 Å². The monoisotopic (exact) mass is 427 g/mol. The Morgan fingerprint density at radius 2 is 1.78 bits per heavy atom. The van der Waals surface area contributed by atoms with E-state index in [0.29, 0.717) is 12.1 Å². The maximum Gasteiger partial charge on any atom is 0.303 e. The molecule has 2 N–H and O–H groups in total. The zero-order valence-corrected chi connectivity index (χ0v) is 17.9. The zero-order valence-electron chi connectivity index (χ0n) is 17.9. The summed E-state index contributed by atoms with van der Waals surface area (Å²) in [5, 5.41) is 12.9. The van der Waals surface area contributed by atoms with Crippen molar-refractivity contribution in [3.63, 3.8) is 0 Å². The average Bonchev–Trinajstić information content (AvgIpc) is 3.15. The van der Waals surface area contributed by atoms with E-state index in [4.69, 9.17) is 5.11 Å². The number of aryl methyl sites for hydroxylation is 3. The van der Waals surface area contributed by atoms with Gasteiger partial charge in [0.25, 0.3) is 0 Å². The molecule has 2 aromatic heterocycles. The number of amides is 1. The number of carbonyl (C=O) groups is 2. The lowest BCUT2D eigenvalue weighted by Crippen LogP contribution is -2.06. The van der Waals surface area contributed by atoms with Gasteiger partial charge in [0.15, 0.2) is 0 Å². The summed E-state index contributed by atoms with van der Waals surface area (Å²) in [4.78, 5) is 26.8. The molecule has 0 aliphatic carbocycles. The summed E-state index contributed by atoms with van der Waals surface area (Å²) in [7, 11) is 0. The molecule has 0 fully saturated rings. The van der Waals surface area contributed by atoms with Crippen molar-refractivity contribution in [1.82, 2.24) is 9.55 Å². The highest BCUT2D eigenvalue weighted by molar-refractivity contribution is 5.89. The summed E-state index contributed by atoms with van der Waals surface area (Å²) in [6.45, 7) is 1.47. The molecule has 0 saturated heterocycles. The smallest absolute Gasteiger partial charge is 0.303 e. The van der Waals surface area contributed by atoms with Crippen LogP contribution in [0, 0.1) is 0 Å². The highest BCUT2D eigenvalue weighted by atomic mass is 16.4. The fourth-order valence-corrected chi connectivity index (χ4v) is 3.87. The Morgan fingerprint density at radius 3 is 2.47 bits per heavy atom. The number of fused-ring (bicyclic) bond motifs is 1. The number of carboxylic acid groups (broad SMARTS) is 1. The van der Waals surface area contributed by atoms with Crippen LogP contribution in [0.15, 0.2) is 73.1 Å². The van der Waals surface area contributed by atoms with E-state index in [1.807, 2.05) is 47.0 Å². The van der Waals surface area contributed by atoms with E-state index in [9.17, 15) is 9.59 Å². The number of aliphatic carboxylic acids is 1.